The predicted molar refractivity (Wildman–Crippen MR) is 172 cm³/mol. The lowest BCUT2D eigenvalue weighted by atomic mass is 9.85. The van der Waals surface area contributed by atoms with Crippen LogP contribution in [0.2, 0.25) is 0 Å². The molecule has 1 saturated heterocycles. The Bertz CT molecular complexity index is 1280. The van der Waals surface area contributed by atoms with Gasteiger partial charge < -0.3 is 30.9 Å². The first-order chi connectivity index (χ1) is 20.0. The third-order valence-electron chi connectivity index (χ3n) is 8.56. The molecule has 2 heterocycles. The molecule has 1 aliphatic heterocycles. The Balaban J connectivity index is 0.00000506. The fourth-order valence-corrected chi connectivity index (χ4v) is 5.86. The zero-order valence-corrected chi connectivity index (χ0v) is 27.1. The van der Waals surface area contributed by atoms with E-state index in [4.69, 9.17) is 4.74 Å². The highest BCUT2D eigenvalue weighted by molar-refractivity contribution is 6.02. The van der Waals surface area contributed by atoms with Gasteiger partial charge in [0.1, 0.15) is 30.0 Å². The van der Waals surface area contributed by atoms with Crippen LogP contribution in [-0.2, 0) is 14.4 Å². The van der Waals surface area contributed by atoms with E-state index in [1.807, 2.05) is 26.8 Å². The molecule has 1 aromatic heterocycles. The summed E-state index contributed by atoms with van der Waals surface area (Å²) in [6.07, 6.45) is 9.04. The van der Waals surface area contributed by atoms with Gasteiger partial charge in [-0.25, -0.2) is 9.97 Å². The summed E-state index contributed by atoms with van der Waals surface area (Å²) in [5.41, 5.74) is 0.656. The number of carbonyl (C=O) groups is 3. The predicted octanol–water partition coefficient (Wildman–Crippen LogP) is 4.12. The highest BCUT2D eigenvalue weighted by Gasteiger charge is 2.42. The molecular weight excluding hydrogens is 570 g/mol. The van der Waals surface area contributed by atoms with E-state index in [0.717, 1.165) is 17.7 Å². The number of anilines is 2. The molecule has 4 N–H and O–H groups in total. The van der Waals surface area contributed by atoms with Crippen molar-refractivity contribution in [3.8, 4) is 5.75 Å². The number of hydrogen-bond acceptors (Lipinski definition) is 8. The number of likely N-dealkylation sites (tertiary alicyclic amines) is 1. The molecule has 3 atom stereocenters. The number of amides is 3. The standard InChI is InChI=1S/C31H47N7O4.ClH/c1-19(32-5)28(39)37-26(31(2,3)4)30(41)38-14-10-13-24(38)29(40)36-23-15-21-22(16-25(23)42-6)34-18-35-27(21)33-17-20-11-8-7-9-12-20;/h15-16,18-20,24,26,32H,7-14,17H2,1-6H3,(H,36,40)(H,37,39)(H,33,34,35);1H/t19-,24-,26+;/m0./s1. The zero-order chi connectivity index (χ0) is 30.4. The molecule has 0 unspecified atom stereocenters. The summed E-state index contributed by atoms with van der Waals surface area (Å²) in [6.45, 7) is 8.76. The van der Waals surface area contributed by atoms with Crippen LogP contribution in [0.1, 0.15) is 72.6 Å². The average Bonchev–Trinajstić information content (AvgIpc) is 3.48. The second-order valence-electron chi connectivity index (χ2n) is 12.7. The van der Waals surface area contributed by atoms with Gasteiger partial charge in [-0.15, -0.1) is 12.4 Å². The maximum atomic E-state index is 13.8. The summed E-state index contributed by atoms with van der Waals surface area (Å²) < 4.78 is 5.62. The number of hydrogen-bond donors (Lipinski definition) is 4. The number of nitrogens with zero attached hydrogens (tertiary/aromatic N) is 3. The number of likely N-dealkylation sites (N-methyl/N-ethyl adjacent to an activating group) is 1. The van der Waals surface area contributed by atoms with E-state index in [9.17, 15) is 14.4 Å². The van der Waals surface area contributed by atoms with Crippen LogP contribution in [-0.4, -0.2) is 78.0 Å². The number of benzene rings is 1. The van der Waals surface area contributed by atoms with Crippen molar-refractivity contribution >= 4 is 52.5 Å². The zero-order valence-electron chi connectivity index (χ0n) is 26.3. The van der Waals surface area contributed by atoms with E-state index in [2.05, 4.69) is 31.2 Å². The summed E-state index contributed by atoms with van der Waals surface area (Å²) in [5, 5.41) is 13.1. The first-order valence-corrected chi connectivity index (χ1v) is 15.2. The van der Waals surface area contributed by atoms with Crippen molar-refractivity contribution < 1.29 is 19.1 Å². The minimum absolute atomic E-state index is 0. The molecule has 0 bridgehead atoms. The van der Waals surface area contributed by atoms with Crippen molar-refractivity contribution in [3.63, 3.8) is 0 Å². The minimum Gasteiger partial charge on any atom is -0.494 e. The molecule has 4 rings (SSSR count). The Morgan fingerprint density at radius 3 is 2.44 bits per heavy atom. The van der Waals surface area contributed by atoms with Gasteiger partial charge in [0.25, 0.3) is 0 Å². The van der Waals surface area contributed by atoms with Crippen LogP contribution in [0.25, 0.3) is 10.9 Å². The van der Waals surface area contributed by atoms with Gasteiger partial charge in [-0.3, -0.25) is 14.4 Å². The lowest BCUT2D eigenvalue weighted by Gasteiger charge is -2.36. The fourth-order valence-electron chi connectivity index (χ4n) is 5.86. The van der Waals surface area contributed by atoms with Gasteiger partial charge in [-0.2, -0.15) is 0 Å². The number of fused-ring (bicyclic) bond motifs is 1. The van der Waals surface area contributed by atoms with Crippen LogP contribution in [0.5, 0.6) is 5.75 Å². The Labute approximate surface area is 261 Å². The molecule has 11 nitrogen and oxygen atoms in total. The summed E-state index contributed by atoms with van der Waals surface area (Å²) in [7, 11) is 3.25. The summed E-state index contributed by atoms with van der Waals surface area (Å²) in [6, 6.07) is 1.74. The second kappa shape index (κ2) is 15.0. The van der Waals surface area contributed by atoms with E-state index in [1.165, 1.54) is 38.4 Å². The highest BCUT2D eigenvalue weighted by Crippen LogP contribution is 2.34. The van der Waals surface area contributed by atoms with E-state index < -0.39 is 23.5 Å². The Hall–Kier alpha value is -3.18. The molecule has 0 radical (unpaired) electrons. The minimum atomic E-state index is -0.778. The van der Waals surface area contributed by atoms with Gasteiger partial charge in [0.05, 0.1) is 24.4 Å². The van der Waals surface area contributed by atoms with Crippen LogP contribution in [0.4, 0.5) is 11.5 Å². The third-order valence-corrected chi connectivity index (χ3v) is 8.56. The van der Waals surface area contributed by atoms with E-state index >= 15 is 0 Å². The van der Waals surface area contributed by atoms with E-state index in [1.54, 1.807) is 32.0 Å². The van der Waals surface area contributed by atoms with Gasteiger partial charge >= 0.3 is 0 Å². The van der Waals surface area contributed by atoms with Gasteiger partial charge in [-0.1, -0.05) is 40.0 Å². The lowest BCUT2D eigenvalue weighted by Crippen LogP contribution is -2.59. The average molecular weight is 618 g/mol. The highest BCUT2D eigenvalue weighted by atomic mass is 35.5. The number of nitrogens with one attached hydrogen (secondary N) is 4. The lowest BCUT2D eigenvalue weighted by molar-refractivity contribution is -0.143. The molecular formula is C31H48ClN7O4. The number of rotatable bonds is 10. The molecule has 0 spiro atoms. The maximum absolute atomic E-state index is 13.8. The number of halogens is 1. The number of carbonyl (C=O) groups excluding carboxylic acids is 3. The Morgan fingerprint density at radius 1 is 1.07 bits per heavy atom. The second-order valence-corrected chi connectivity index (χ2v) is 12.7. The van der Waals surface area contributed by atoms with Crippen molar-refractivity contribution in [3.05, 3.63) is 18.5 Å². The molecule has 12 heteroatoms. The first kappa shape index (κ1) is 34.3. The molecule has 1 saturated carbocycles. The smallest absolute Gasteiger partial charge is 0.247 e. The monoisotopic (exact) mass is 617 g/mol. The molecule has 2 aliphatic rings. The van der Waals surface area contributed by atoms with E-state index in [-0.39, 0.29) is 30.1 Å². The molecule has 43 heavy (non-hydrogen) atoms. The number of methoxy groups -OCH3 is 1. The fraction of sp³-hybridized carbons (Fsp3) is 0.645. The van der Waals surface area contributed by atoms with Gasteiger partial charge in [-0.05, 0) is 57.1 Å². The van der Waals surface area contributed by atoms with Crippen molar-refractivity contribution in [1.82, 2.24) is 25.5 Å². The third kappa shape index (κ3) is 8.26. The molecule has 1 aromatic carbocycles. The van der Waals surface area contributed by atoms with Crippen LogP contribution >= 0.6 is 12.4 Å². The molecule has 2 fully saturated rings. The van der Waals surface area contributed by atoms with Crippen molar-refractivity contribution in [2.45, 2.75) is 90.8 Å². The van der Waals surface area contributed by atoms with Crippen molar-refractivity contribution in [2.24, 2.45) is 11.3 Å². The SMILES string of the molecule is CN[C@@H](C)C(=O)N[C@H](C(=O)N1CCC[C@H]1C(=O)Nc1cc2c(NCC3CCCCC3)ncnc2cc1OC)C(C)(C)C.Cl. The number of aromatic nitrogens is 2. The van der Waals surface area contributed by atoms with Crippen molar-refractivity contribution in [1.29, 1.82) is 0 Å². The topological polar surface area (TPSA) is 138 Å². The maximum Gasteiger partial charge on any atom is 0.247 e. The molecule has 3 amide bonds. The van der Waals surface area contributed by atoms with Crippen molar-refractivity contribution in [2.75, 3.05) is 37.9 Å². The molecule has 238 valence electrons. The largest absolute Gasteiger partial charge is 0.494 e. The Kier molecular flexibility index (Phi) is 12.0. The normalized spacial score (nSPS) is 18.8. The van der Waals surface area contributed by atoms with Crippen LogP contribution in [0.3, 0.4) is 0 Å². The van der Waals surface area contributed by atoms with Gasteiger partial charge in [0.2, 0.25) is 17.7 Å². The van der Waals surface area contributed by atoms with Crippen LogP contribution in [0.15, 0.2) is 18.5 Å². The van der Waals surface area contributed by atoms with E-state index in [0.29, 0.717) is 42.3 Å². The van der Waals surface area contributed by atoms with Gasteiger partial charge in [0.15, 0.2) is 0 Å². The number of ether oxygens (including phenoxy) is 1. The quantitative estimate of drug-likeness (QED) is 0.312. The van der Waals surface area contributed by atoms with Crippen LogP contribution in [0, 0.1) is 11.3 Å². The molecule has 2 aromatic rings. The first-order valence-electron chi connectivity index (χ1n) is 15.2. The molecule has 1 aliphatic carbocycles. The summed E-state index contributed by atoms with van der Waals surface area (Å²) in [5.74, 6) is 1.00. The van der Waals surface area contributed by atoms with Gasteiger partial charge in [0, 0.05) is 24.5 Å². The Morgan fingerprint density at radius 2 is 1.79 bits per heavy atom. The summed E-state index contributed by atoms with van der Waals surface area (Å²) >= 11 is 0. The summed E-state index contributed by atoms with van der Waals surface area (Å²) in [4.78, 5) is 50.7. The van der Waals surface area contributed by atoms with Crippen LogP contribution < -0.4 is 26.0 Å².